The number of carbonyl (C=O) groups excluding carboxylic acids is 1. The van der Waals surface area contributed by atoms with Crippen LogP contribution in [0.1, 0.15) is 11.1 Å². The summed E-state index contributed by atoms with van der Waals surface area (Å²) < 4.78 is 14.9. The number of fused-ring (bicyclic) bond motifs is 1. The van der Waals surface area contributed by atoms with Crippen molar-refractivity contribution in [3.63, 3.8) is 0 Å². The van der Waals surface area contributed by atoms with E-state index in [4.69, 9.17) is 11.6 Å². The molecule has 0 spiro atoms. The van der Waals surface area contributed by atoms with Crippen molar-refractivity contribution in [2.45, 2.75) is 18.6 Å². The molecule has 0 atom stereocenters. The number of carbonyl (C=O) groups is 1. The Hall–Kier alpha value is -3.16. The van der Waals surface area contributed by atoms with E-state index in [2.05, 4.69) is 10.3 Å². The summed E-state index contributed by atoms with van der Waals surface area (Å²) in [6.07, 6.45) is 0. The molecule has 0 radical (unpaired) electrons. The van der Waals surface area contributed by atoms with Gasteiger partial charge < -0.3 is 5.32 Å². The molecule has 162 valence electrons. The van der Waals surface area contributed by atoms with Gasteiger partial charge in [0, 0.05) is 10.7 Å². The second-order valence-electron chi connectivity index (χ2n) is 7.23. The molecule has 0 fully saturated rings. The van der Waals surface area contributed by atoms with Crippen molar-refractivity contribution in [2.24, 2.45) is 0 Å². The van der Waals surface area contributed by atoms with E-state index in [0.29, 0.717) is 32.3 Å². The second kappa shape index (κ2) is 9.54. The van der Waals surface area contributed by atoms with E-state index in [1.54, 1.807) is 41.8 Å². The van der Waals surface area contributed by atoms with Gasteiger partial charge in [-0.1, -0.05) is 47.6 Å². The molecule has 5 nitrogen and oxygen atoms in total. The first-order chi connectivity index (χ1) is 15.4. The highest BCUT2D eigenvalue weighted by atomic mass is 35.5. The molecule has 0 aliphatic carbocycles. The van der Waals surface area contributed by atoms with Gasteiger partial charge in [0.25, 0.3) is 5.56 Å². The van der Waals surface area contributed by atoms with E-state index >= 15 is 0 Å². The van der Waals surface area contributed by atoms with Gasteiger partial charge in [0.2, 0.25) is 5.91 Å². The smallest absolute Gasteiger partial charge is 0.262 e. The summed E-state index contributed by atoms with van der Waals surface area (Å²) in [5, 5.41) is 4.29. The van der Waals surface area contributed by atoms with E-state index in [0.717, 1.165) is 5.56 Å². The van der Waals surface area contributed by atoms with Crippen molar-refractivity contribution in [3.05, 3.63) is 99.1 Å². The number of para-hydroxylation sites is 1. The summed E-state index contributed by atoms with van der Waals surface area (Å²) >= 11 is 7.27. The summed E-state index contributed by atoms with van der Waals surface area (Å²) in [4.78, 5) is 30.3. The van der Waals surface area contributed by atoms with Crippen molar-refractivity contribution in [1.29, 1.82) is 0 Å². The number of hydrogen-bond donors (Lipinski definition) is 1. The minimum Gasteiger partial charge on any atom is -0.325 e. The lowest BCUT2D eigenvalue weighted by atomic mass is 10.2. The normalized spacial score (nSPS) is 11.0. The Bertz CT molecular complexity index is 1370. The van der Waals surface area contributed by atoms with Crippen LogP contribution < -0.4 is 10.9 Å². The Kier molecular flexibility index (Phi) is 6.58. The minimum absolute atomic E-state index is 0.0388. The third-order valence-electron chi connectivity index (χ3n) is 4.85. The number of amides is 1. The zero-order valence-electron chi connectivity index (χ0n) is 17.1. The summed E-state index contributed by atoms with van der Waals surface area (Å²) in [6.45, 7) is 2.00. The molecule has 1 amide bonds. The molecule has 3 aromatic carbocycles. The molecule has 8 heteroatoms. The lowest BCUT2D eigenvalue weighted by molar-refractivity contribution is -0.113. The van der Waals surface area contributed by atoms with Gasteiger partial charge >= 0.3 is 0 Å². The Labute approximate surface area is 193 Å². The largest absolute Gasteiger partial charge is 0.325 e. The second-order valence-corrected chi connectivity index (χ2v) is 8.61. The molecule has 4 rings (SSSR count). The van der Waals surface area contributed by atoms with Crippen molar-refractivity contribution in [3.8, 4) is 0 Å². The lowest BCUT2D eigenvalue weighted by Crippen LogP contribution is -2.25. The number of benzene rings is 3. The highest BCUT2D eigenvalue weighted by Crippen LogP contribution is 2.21. The predicted octanol–water partition coefficient (Wildman–Crippen LogP) is 5.28. The van der Waals surface area contributed by atoms with Gasteiger partial charge in [0.05, 0.1) is 23.2 Å². The minimum atomic E-state index is -0.361. The number of thioether (sulfide) groups is 1. The maximum Gasteiger partial charge on any atom is 0.262 e. The average molecular weight is 468 g/mol. The molecule has 4 aromatic rings. The monoisotopic (exact) mass is 467 g/mol. The summed E-state index contributed by atoms with van der Waals surface area (Å²) in [6, 6.07) is 18.6. The number of halogens is 2. The maximum atomic E-state index is 13.3. The SMILES string of the molecule is Cc1cc(F)ccc1NC(=O)CSc1nc2ccccc2c(=O)n1Cc1cccc(Cl)c1. The molecule has 32 heavy (non-hydrogen) atoms. The summed E-state index contributed by atoms with van der Waals surface area (Å²) in [5.41, 5.74) is 2.40. The van der Waals surface area contributed by atoms with Crippen molar-refractivity contribution < 1.29 is 9.18 Å². The predicted molar refractivity (Wildman–Crippen MR) is 127 cm³/mol. The fourth-order valence-electron chi connectivity index (χ4n) is 3.30. The summed E-state index contributed by atoms with van der Waals surface area (Å²) in [7, 11) is 0. The number of hydrogen-bond acceptors (Lipinski definition) is 4. The highest BCUT2D eigenvalue weighted by Gasteiger charge is 2.14. The molecule has 0 aliphatic heterocycles. The third kappa shape index (κ3) is 5.00. The van der Waals surface area contributed by atoms with Crippen molar-refractivity contribution >= 4 is 45.9 Å². The van der Waals surface area contributed by atoms with E-state index in [1.165, 1.54) is 30.0 Å². The topological polar surface area (TPSA) is 64.0 Å². The molecule has 0 bridgehead atoms. The number of nitrogens with zero attached hydrogens (tertiary/aromatic N) is 2. The van der Waals surface area contributed by atoms with Gasteiger partial charge in [-0.05, 0) is 60.5 Å². The highest BCUT2D eigenvalue weighted by molar-refractivity contribution is 7.99. The van der Waals surface area contributed by atoms with Gasteiger partial charge in [-0.3, -0.25) is 14.2 Å². The van der Waals surface area contributed by atoms with Crippen LogP contribution in [0.15, 0.2) is 76.7 Å². The number of aryl methyl sites for hydroxylation is 1. The van der Waals surface area contributed by atoms with Crippen LogP contribution in [0.2, 0.25) is 5.02 Å². The first kappa shape index (κ1) is 22.0. The number of rotatable bonds is 6. The van der Waals surface area contributed by atoms with Crippen molar-refractivity contribution in [2.75, 3.05) is 11.1 Å². The quantitative estimate of drug-likeness (QED) is 0.309. The first-order valence-electron chi connectivity index (χ1n) is 9.83. The van der Waals surface area contributed by atoms with Crippen LogP contribution in [0.4, 0.5) is 10.1 Å². The van der Waals surface area contributed by atoms with Crippen LogP contribution in [-0.4, -0.2) is 21.2 Å². The summed E-state index contributed by atoms with van der Waals surface area (Å²) in [5.74, 6) is -0.598. The number of aromatic nitrogens is 2. The number of anilines is 1. The molecule has 0 saturated heterocycles. The van der Waals surface area contributed by atoms with Gasteiger partial charge in [0.15, 0.2) is 5.16 Å². The fourth-order valence-corrected chi connectivity index (χ4v) is 4.31. The maximum absolute atomic E-state index is 13.3. The Morgan fingerprint density at radius 1 is 1.12 bits per heavy atom. The molecule has 0 aliphatic rings. The van der Waals surface area contributed by atoms with Crippen LogP contribution >= 0.6 is 23.4 Å². The van der Waals surface area contributed by atoms with E-state index < -0.39 is 0 Å². The van der Waals surface area contributed by atoms with Gasteiger partial charge in [-0.25, -0.2) is 9.37 Å². The fraction of sp³-hybridized carbons (Fsp3) is 0.125. The van der Waals surface area contributed by atoms with Crippen LogP contribution in [0.25, 0.3) is 10.9 Å². The third-order valence-corrected chi connectivity index (χ3v) is 6.06. The molecular weight excluding hydrogens is 449 g/mol. The van der Waals surface area contributed by atoms with E-state index in [9.17, 15) is 14.0 Å². The van der Waals surface area contributed by atoms with Crippen LogP contribution in [0.3, 0.4) is 0 Å². The molecular formula is C24H19ClFN3O2S. The van der Waals surface area contributed by atoms with Crippen LogP contribution in [0, 0.1) is 12.7 Å². The molecule has 1 N–H and O–H groups in total. The molecule has 1 heterocycles. The number of nitrogens with one attached hydrogen (secondary N) is 1. The molecule has 0 saturated carbocycles. The Balaban J connectivity index is 1.61. The van der Waals surface area contributed by atoms with Gasteiger partial charge in [-0.2, -0.15) is 0 Å². The Morgan fingerprint density at radius 3 is 2.72 bits per heavy atom. The van der Waals surface area contributed by atoms with Gasteiger partial charge in [-0.15, -0.1) is 0 Å². The standard InChI is InChI=1S/C24H19ClFN3O2S/c1-15-11-18(26)9-10-20(15)27-22(30)14-32-24-28-21-8-3-2-7-19(21)23(31)29(24)13-16-5-4-6-17(25)12-16/h2-12H,13-14H2,1H3,(H,27,30). The zero-order valence-corrected chi connectivity index (χ0v) is 18.7. The zero-order chi connectivity index (χ0) is 22.7. The van der Waals surface area contributed by atoms with Crippen LogP contribution in [-0.2, 0) is 11.3 Å². The Morgan fingerprint density at radius 2 is 1.94 bits per heavy atom. The first-order valence-corrected chi connectivity index (χ1v) is 11.2. The molecule has 1 aromatic heterocycles. The lowest BCUT2D eigenvalue weighted by Gasteiger charge is -2.14. The molecule has 0 unspecified atom stereocenters. The van der Waals surface area contributed by atoms with E-state index in [-0.39, 0.29) is 29.6 Å². The van der Waals surface area contributed by atoms with Crippen LogP contribution in [0.5, 0.6) is 0 Å². The van der Waals surface area contributed by atoms with E-state index in [1.807, 2.05) is 18.2 Å². The van der Waals surface area contributed by atoms with Gasteiger partial charge in [0.1, 0.15) is 5.82 Å². The van der Waals surface area contributed by atoms with Crippen molar-refractivity contribution in [1.82, 2.24) is 9.55 Å². The average Bonchev–Trinajstić information content (AvgIpc) is 2.76.